The zero-order valence-electron chi connectivity index (χ0n) is 19.9. The number of nitrogens with zero attached hydrogens (tertiary/aromatic N) is 2. The van der Waals surface area contributed by atoms with E-state index in [1.54, 1.807) is 6.07 Å². The number of primary amides is 1. The summed E-state index contributed by atoms with van der Waals surface area (Å²) in [7, 11) is 0. The van der Waals surface area contributed by atoms with Gasteiger partial charge in [0.2, 0.25) is 11.8 Å². The smallest absolute Gasteiger partial charge is 0.237 e. The Morgan fingerprint density at radius 3 is 2.54 bits per heavy atom. The molecule has 4 rings (SSSR count). The van der Waals surface area contributed by atoms with Gasteiger partial charge in [-0.1, -0.05) is 48.5 Å². The molecule has 35 heavy (non-hydrogen) atoms. The van der Waals surface area contributed by atoms with Gasteiger partial charge in [0.1, 0.15) is 5.82 Å². The Morgan fingerprint density at radius 2 is 1.83 bits per heavy atom. The maximum atomic E-state index is 12.9. The third-order valence-electron chi connectivity index (χ3n) is 6.78. The number of aryl methyl sites for hydroxylation is 1. The highest BCUT2D eigenvalue weighted by Crippen LogP contribution is 2.36. The molecule has 1 aliphatic heterocycles. The molecule has 2 aromatic carbocycles. The first-order valence-corrected chi connectivity index (χ1v) is 11.4. The van der Waals surface area contributed by atoms with Gasteiger partial charge in [0.05, 0.1) is 12.1 Å². The maximum Gasteiger partial charge on any atom is 0.237 e. The monoisotopic (exact) mass is 517 g/mol. The number of likely N-dealkylation sites (tertiary alicyclic amines) is 1. The first-order valence-electron chi connectivity index (χ1n) is 11.4. The molecule has 0 saturated carbocycles. The summed E-state index contributed by atoms with van der Waals surface area (Å²) in [4.78, 5) is 31.5. The van der Waals surface area contributed by atoms with Crippen molar-refractivity contribution >= 4 is 53.2 Å². The van der Waals surface area contributed by atoms with Crippen LogP contribution in [0.3, 0.4) is 0 Å². The number of nitrogens with one attached hydrogen (secondary N) is 1. The minimum Gasteiger partial charge on any atom is -0.384 e. The third kappa shape index (κ3) is 6.23. The minimum absolute atomic E-state index is 0. The fraction of sp³-hybridized carbons (Fsp3) is 0.346. The standard InChI is InChI=1S/C26H31N5O2.2ClH/c1-16-20(10-11-24(27)30-16)15-29-26(33)17(2)31-13-12-19(14-23(31)25(28)32)22-9-5-7-18-6-3-4-8-21(18)22;;/h3-11,17,19,23H,12-15H2,1-2H3,(H2,27,30)(H2,28,32)(H,29,33);2*1H/t17-,19?,23?;;/m0../s1. The van der Waals surface area contributed by atoms with Gasteiger partial charge in [0, 0.05) is 18.8 Å². The van der Waals surface area contributed by atoms with Gasteiger partial charge in [-0.25, -0.2) is 4.98 Å². The van der Waals surface area contributed by atoms with E-state index in [9.17, 15) is 9.59 Å². The van der Waals surface area contributed by atoms with Gasteiger partial charge in [-0.05, 0) is 60.6 Å². The maximum absolute atomic E-state index is 12.9. The quantitative estimate of drug-likeness (QED) is 0.461. The lowest BCUT2D eigenvalue weighted by molar-refractivity contribution is -0.132. The van der Waals surface area contributed by atoms with Crippen LogP contribution in [-0.4, -0.2) is 40.3 Å². The van der Waals surface area contributed by atoms with Gasteiger partial charge in [-0.2, -0.15) is 0 Å². The molecule has 188 valence electrons. The summed E-state index contributed by atoms with van der Waals surface area (Å²) in [5.74, 6) is 0.136. The first kappa shape index (κ1) is 28.4. The number of hydrogen-bond donors (Lipinski definition) is 3. The van der Waals surface area contributed by atoms with Gasteiger partial charge in [-0.3, -0.25) is 14.5 Å². The lowest BCUT2D eigenvalue weighted by atomic mass is 9.82. The van der Waals surface area contributed by atoms with E-state index in [2.05, 4.69) is 40.6 Å². The van der Waals surface area contributed by atoms with Gasteiger partial charge >= 0.3 is 0 Å². The Labute approximate surface area is 218 Å². The highest BCUT2D eigenvalue weighted by Gasteiger charge is 2.37. The Balaban J connectivity index is 0.00000216. The van der Waals surface area contributed by atoms with Crippen LogP contribution in [-0.2, 0) is 16.1 Å². The molecule has 1 aromatic heterocycles. The van der Waals surface area contributed by atoms with Crippen LogP contribution in [0.2, 0.25) is 0 Å². The highest BCUT2D eigenvalue weighted by molar-refractivity contribution is 5.87. The summed E-state index contributed by atoms with van der Waals surface area (Å²) >= 11 is 0. The van der Waals surface area contributed by atoms with Crippen molar-refractivity contribution in [3.63, 3.8) is 0 Å². The van der Waals surface area contributed by atoms with E-state index in [1.807, 2.05) is 36.9 Å². The number of fused-ring (bicyclic) bond motifs is 1. The molecule has 0 radical (unpaired) electrons. The van der Waals surface area contributed by atoms with Gasteiger partial charge in [-0.15, -0.1) is 24.8 Å². The van der Waals surface area contributed by atoms with Crippen molar-refractivity contribution in [3.05, 3.63) is 71.4 Å². The summed E-state index contributed by atoms with van der Waals surface area (Å²) in [6.07, 6.45) is 1.46. The van der Waals surface area contributed by atoms with Crippen molar-refractivity contribution in [2.45, 2.75) is 51.2 Å². The number of piperidine rings is 1. The molecule has 0 aliphatic carbocycles. The average Bonchev–Trinajstić information content (AvgIpc) is 2.82. The fourth-order valence-corrected chi connectivity index (χ4v) is 4.89. The number of nitrogens with two attached hydrogens (primary N) is 2. The lowest BCUT2D eigenvalue weighted by Crippen LogP contribution is -2.56. The van der Waals surface area contributed by atoms with E-state index in [0.717, 1.165) is 17.7 Å². The Bertz CT molecular complexity index is 1180. The van der Waals surface area contributed by atoms with Crippen molar-refractivity contribution in [3.8, 4) is 0 Å². The number of halogens is 2. The topological polar surface area (TPSA) is 114 Å². The van der Waals surface area contributed by atoms with Crippen molar-refractivity contribution in [2.24, 2.45) is 5.73 Å². The van der Waals surface area contributed by atoms with Crippen LogP contribution in [0.5, 0.6) is 0 Å². The summed E-state index contributed by atoms with van der Waals surface area (Å²) < 4.78 is 0. The van der Waals surface area contributed by atoms with E-state index in [-0.39, 0.29) is 36.6 Å². The summed E-state index contributed by atoms with van der Waals surface area (Å²) in [5.41, 5.74) is 14.5. The zero-order chi connectivity index (χ0) is 23.5. The molecular formula is C26H33Cl2N5O2. The number of nitrogen functional groups attached to an aromatic ring is 1. The number of anilines is 1. The summed E-state index contributed by atoms with van der Waals surface area (Å²) in [5, 5.41) is 5.37. The first-order chi connectivity index (χ1) is 15.8. The van der Waals surface area contributed by atoms with Crippen LogP contribution in [0.1, 0.15) is 42.5 Å². The predicted octanol–water partition coefficient (Wildman–Crippen LogP) is 3.71. The molecule has 9 heteroatoms. The van der Waals surface area contributed by atoms with Crippen LogP contribution in [0.4, 0.5) is 5.82 Å². The van der Waals surface area contributed by atoms with E-state index in [0.29, 0.717) is 25.3 Å². The van der Waals surface area contributed by atoms with Crippen LogP contribution in [0, 0.1) is 6.92 Å². The molecule has 7 nitrogen and oxygen atoms in total. The normalized spacial score (nSPS) is 18.7. The molecule has 0 bridgehead atoms. The molecule has 1 saturated heterocycles. The van der Waals surface area contributed by atoms with E-state index < -0.39 is 18.0 Å². The second-order valence-electron chi connectivity index (χ2n) is 8.82. The van der Waals surface area contributed by atoms with Gasteiger partial charge < -0.3 is 16.8 Å². The molecule has 2 amide bonds. The number of carbonyl (C=O) groups is 2. The summed E-state index contributed by atoms with van der Waals surface area (Å²) in [6, 6.07) is 17.2. The zero-order valence-corrected chi connectivity index (χ0v) is 21.6. The number of aromatic nitrogens is 1. The molecule has 2 unspecified atom stereocenters. The van der Waals surface area contributed by atoms with E-state index in [1.165, 1.54) is 16.3 Å². The average molecular weight is 518 g/mol. The Morgan fingerprint density at radius 1 is 1.11 bits per heavy atom. The number of carbonyl (C=O) groups excluding carboxylic acids is 2. The van der Waals surface area contributed by atoms with Gasteiger partial charge in [0.15, 0.2) is 0 Å². The van der Waals surface area contributed by atoms with Crippen molar-refractivity contribution in [2.75, 3.05) is 12.3 Å². The third-order valence-corrected chi connectivity index (χ3v) is 6.78. The van der Waals surface area contributed by atoms with Gasteiger partial charge in [0.25, 0.3) is 0 Å². The molecule has 3 aromatic rings. The number of hydrogen-bond acceptors (Lipinski definition) is 5. The fourth-order valence-electron chi connectivity index (χ4n) is 4.89. The molecule has 1 aliphatic rings. The van der Waals surface area contributed by atoms with E-state index in [4.69, 9.17) is 11.5 Å². The van der Waals surface area contributed by atoms with Crippen LogP contribution in [0.15, 0.2) is 54.6 Å². The molecule has 5 N–H and O–H groups in total. The molecule has 2 heterocycles. The van der Waals surface area contributed by atoms with Crippen molar-refractivity contribution < 1.29 is 9.59 Å². The highest BCUT2D eigenvalue weighted by atomic mass is 35.5. The molecule has 3 atom stereocenters. The predicted molar refractivity (Wildman–Crippen MR) is 145 cm³/mol. The summed E-state index contributed by atoms with van der Waals surface area (Å²) in [6.45, 7) is 4.68. The van der Waals surface area contributed by atoms with E-state index >= 15 is 0 Å². The Hall–Kier alpha value is -2.87. The molecule has 1 fully saturated rings. The number of rotatable bonds is 6. The molecular weight excluding hydrogens is 485 g/mol. The minimum atomic E-state index is -0.497. The van der Waals surface area contributed by atoms with Crippen LogP contribution in [0.25, 0.3) is 10.8 Å². The second-order valence-corrected chi connectivity index (χ2v) is 8.82. The SMILES string of the molecule is Cc1nc(N)ccc1CNC(=O)[C@H](C)N1CCC(c2cccc3ccccc23)CC1C(N)=O.Cl.Cl. The number of benzene rings is 2. The molecule has 0 spiro atoms. The second kappa shape index (κ2) is 12.2. The number of amides is 2. The number of pyridine rings is 1. The van der Waals surface area contributed by atoms with Crippen molar-refractivity contribution in [1.29, 1.82) is 0 Å². The lowest BCUT2D eigenvalue weighted by Gasteiger charge is -2.41. The Kier molecular flexibility index (Phi) is 9.89. The van der Waals surface area contributed by atoms with Crippen LogP contribution >= 0.6 is 24.8 Å². The van der Waals surface area contributed by atoms with Crippen LogP contribution < -0.4 is 16.8 Å². The van der Waals surface area contributed by atoms with Crippen molar-refractivity contribution in [1.82, 2.24) is 15.2 Å². The largest absolute Gasteiger partial charge is 0.384 e.